The fraction of sp³-hybridized carbons (Fsp3) is 0.350. The summed E-state index contributed by atoms with van der Waals surface area (Å²) in [5, 5.41) is 6.54. The highest BCUT2D eigenvalue weighted by molar-refractivity contribution is 5.79. The Bertz CT molecular complexity index is 672. The first-order valence-corrected chi connectivity index (χ1v) is 8.47. The first-order valence-electron chi connectivity index (χ1n) is 8.47. The highest BCUT2D eigenvalue weighted by Gasteiger charge is 2.27. The van der Waals surface area contributed by atoms with Gasteiger partial charge in [0.25, 0.3) is 0 Å². The highest BCUT2D eigenvalue weighted by atomic mass is 19.1. The van der Waals surface area contributed by atoms with E-state index in [0.29, 0.717) is 6.04 Å². The van der Waals surface area contributed by atoms with Gasteiger partial charge in [0, 0.05) is 12.0 Å². The Morgan fingerprint density at radius 1 is 1.12 bits per heavy atom. The molecule has 0 aliphatic carbocycles. The molecule has 1 aliphatic heterocycles. The zero-order valence-electron chi connectivity index (χ0n) is 13.8. The fourth-order valence-electron chi connectivity index (χ4n) is 3.29. The summed E-state index contributed by atoms with van der Waals surface area (Å²) in [4.78, 5) is 12.8. The normalized spacial score (nSPS) is 21.9. The van der Waals surface area contributed by atoms with Crippen LogP contribution in [-0.4, -0.2) is 18.5 Å². The quantitative estimate of drug-likeness (QED) is 0.904. The molecule has 0 radical (unpaired) electrons. The number of piperidine rings is 1. The number of carbonyl (C=O) groups excluding carboxylic acids is 1. The minimum atomic E-state index is -0.274. The topological polar surface area (TPSA) is 41.1 Å². The Morgan fingerprint density at radius 3 is 2.46 bits per heavy atom. The lowest BCUT2D eigenvalue weighted by atomic mass is 9.91. The SMILES string of the molecule is C[C@H]1C[C@@H](C(=O)NC(c2ccccc2)c2ccc(F)cc2)CCN1. The number of amides is 1. The van der Waals surface area contributed by atoms with E-state index in [2.05, 4.69) is 17.6 Å². The van der Waals surface area contributed by atoms with Crippen LogP contribution in [0.2, 0.25) is 0 Å². The van der Waals surface area contributed by atoms with Crippen LogP contribution in [0.15, 0.2) is 54.6 Å². The first-order chi connectivity index (χ1) is 11.6. The smallest absolute Gasteiger partial charge is 0.223 e. The predicted molar refractivity (Wildman–Crippen MR) is 93.0 cm³/mol. The molecule has 0 bridgehead atoms. The molecule has 1 fully saturated rings. The van der Waals surface area contributed by atoms with E-state index < -0.39 is 0 Å². The molecule has 1 unspecified atom stereocenters. The summed E-state index contributed by atoms with van der Waals surface area (Å²) in [6.07, 6.45) is 1.69. The van der Waals surface area contributed by atoms with Crippen LogP contribution in [0, 0.1) is 11.7 Å². The van der Waals surface area contributed by atoms with Crippen molar-refractivity contribution in [3.05, 3.63) is 71.5 Å². The van der Waals surface area contributed by atoms with Crippen LogP contribution in [-0.2, 0) is 4.79 Å². The molecular weight excluding hydrogens is 303 g/mol. The molecule has 1 amide bonds. The minimum Gasteiger partial charge on any atom is -0.345 e. The van der Waals surface area contributed by atoms with E-state index in [-0.39, 0.29) is 23.7 Å². The Balaban J connectivity index is 1.82. The van der Waals surface area contributed by atoms with Gasteiger partial charge in [0.2, 0.25) is 5.91 Å². The molecule has 0 saturated carbocycles. The summed E-state index contributed by atoms with van der Waals surface area (Å²) in [6, 6.07) is 16.3. The average molecular weight is 326 g/mol. The Labute approximate surface area is 142 Å². The molecule has 4 heteroatoms. The van der Waals surface area contributed by atoms with E-state index in [1.807, 2.05) is 30.3 Å². The van der Waals surface area contributed by atoms with E-state index in [1.165, 1.54) is 12.1 Å². The third-order valence-corrected chi connectivity index (χ3v) is 4.62. The number of rotatable bonds is 4. The van der Waals surface area contributed by atoms with Crippen molar-refractivity contribution in [2.45, 2.75) is 31.8 Å². The van der Waals surface area contributed by atoms with Gasteiger partial charge in [-0.3, -0.25) is 4.79 Å². The van der Waals surface area contributed by atoms with Crippen molar-refractivity contribution in [1.82, 2.24) is 10.6 Å². The van der Waals surface area contributed by atoms with Gasteiger partial charge in [-0.15, -0.1) is 0 Å². The van der Waals surface area contributed by atoms with Crippen LogP contribution in [0.5, 0.6) is 0 Å². The van der Waals surface area contributed by atoms with Crippen LogP contribution in [0.4, 0.5) is 4.39 Å². The molecular formula is C20H23FN2O. The van der Waals surface area contributed by atoms with Crippen LogP contribution in [0.25, 0.3) is 0 Å². The standard InChI is InChI=1S/C20H23FN2O/c1-14-13-17(11-12-22-14)20(24)23-19(15-5-3-2-4-6-15)16-7-9-18(21)10-8-16/h2-10,14,17,19,22H,11-13H2,1H3,(H,23,24)/t14-,17-,19?/m0/s1. The number of hydrogen-bond donors (Lipinski definition) is 2. The number of nitrogens with one attached hydrogen (secondary N) is 2. The molecule has 3 atom stereocenters. The summed E-state index contributed by atoms with van der Waals surface area (Å²) in [5.41, 5.74) is 1.89. The molecule has 126 valence electrons. The molecule has 2 N–H and O–H groups in total. The van der Waals surface area contributed by atoms with Gasteiger partial charge in [-0.1, -0.05) is 42.5 Å². The lowest BCUT2D eigenvalue weighted by Crippen LogP contribution is -2.43. The largest absolute Gasteiger partial charge is 0.345 e. The maximum absolute atomic E-state index is 13.3. The maximum atomic E-state index is 13.3. The molecule has 24 heavy (non-hydrogen) atoms. The van der Waals surface area contributed by atoms with Gasteiger partial charge in [0.05, 0.1) is 6.04 Å². The van der Waals surface area contributed by atoms with Crippen molar-refractivity contribution in [2.75, 3.05) is 6.54 Å². The van der Waals surface area contributed by atoms with Gasteiger partial charge in [-0.05, 0) is 49.6 Å². The molecule has 3 nitrogen and oxygen atoms in total. The van der Waals surface area contributed by atoms with Crippen LogP contribution < -0.4 is 10.6 Å². The van der Waals surface area contributed by atoms with Gasteiger partial charge < -0.3 is 10.6 Å². The van der Waals surface area contributed by atoms with Crippen LogP contribution in [0.3, 0.4) is 0 Å². The van der Waals surface area contributed by atoms with E-state index in [4.69, 9.17) is 0 Å². The van der Waals surface area contributed by atoms with Gasteiger partial charge >= 0.3 is 0 Å². The first kappa shape index (κ1) is 16.7. The summed E-state index contributed by atoms with van der Waals surface area (Å²) < 4.78 is 13.3. The van der Waals surface area contributed by atoms with Gasteiger partial charge in [-0.2, -0.15) is 0 Å². The summed E-state index contributed by atoms with van der Waals surface area (Å²) in [5.74, 6) is -0.182. The van der Waals surface area contributed by atoms with Crippen molar-refractivity contribution in [1.29, 1.82) is 0 Å². The van der Waals surface area contributed by atoms with Crippen molar-refractivity contribution >= 4 is 5.91 Å². The molecule has 1 saturated heterocycles. The molecule has 0 aromatic heterocycles. The molecule has 0 spiro atoms. The number of halogens is 1. The molecule has 3 rings (SSSR count). The van der Waals surface area contributed by atoms with Crippen molar-refractivity contribution in [2.24, 2.45) is 5.92 Å². The molecule has 2 aromatic carbocycles. The highest BCUT2D eigenvalue weighted by Crippen LogP contribution is 2.24. The summed E-state index contributed by atoms with van der Waals surface area (Å²) in [7, 11) is 0. The van der Waals surface area contributed by atoms with E-state index >= 15 is 0 Å². The second-order valence-corrected chi connectivity index (χ2v) is 6.48. The molecule has 1 heterocycles. The van der Waals surface area contributed by atoms with E-state index in [9.17, 15) is 9.18 Å². The number of carbonyl (C=O) groups is 1. The van der Waals surface area contributed by atoms with Crippen molar-refractivity contribution in [3.8, 4) is 0 Å². The second-order valence-electron chi connectivity index (χ2n) is 6.48. The Morgan fingerprint density at radius 2 is 1.79 bits per heavy atom. The molecule has 1 aliphatic rings. The zero-order chi connectivity index (χ0) is 16.9. The van der Waals surface area contributed by atoms with Gasteiger partial charge in [-0.25, -0.2) is 4.39 Å². The monoisotopic (exact) mass is 326 g/mol. The van der Waals surface area contributed by atoms with E-state index in [0.717, 1.165) is 30.5 Å². The third kappa shape index (κ3) is 4.01. The van der Waals surface area contributed by atoms with E-state index in [1.54, 1.807) is 12.1 Å². The lowest BCUT2D eigenvalue weighted by molar-refractivity contribution is -0.126. The summed E-state index contributed by atoms with van der Waals surface area (Å²) in [6.45, 7) is 2.97. The van der Waals surface area contributed by atoms with Crippen molar-refractivity contribution in [3.63, 3.8) is 0 Å². The third-order valence-electron chi connectivity index (χ3n) is 4.62. The zero-order valence-corrected chi connectivity index (χ0v) is 13.8. The van der Waals surface area contributed by atoms with Gasteiger partial charge in [0.1, 0.15) is 5.82 Å². The minimum absolute atomic E-state index is 0.0212. The van der Waals surface area contributed by atoms with Gasteiger partial charge in [0.15, 0.2) is 0 Å². The fourth-order valence-corrected chi connectivity index (χ4v) is 3.29. The Kier molecular flexibility index (Phi) is 5.26. The van der Waals surface area contributed by atoms with Crippen LogP contribution in [0.1, 0.15) is 36.9 Å². The maximum Gasteiger partial charge on any atom is 0.223 e. The number of benzene rings is 2. The average Bonchev–Trinajstić information content (AvgIpc) is 2.61. The lowest BCUT2D eigenvalue weighted by Gasteiger charge is -2.29. The van der Waals surface area contributed by atoms with Crippen LogP contribution >= 0.6 is 0 Å². The number of hydrogen-bond acceptors (Lipinski definition) is 2. The van der Waals surface area contributed by atoms with Crippen molar-refractivity contribution < 1.29 is 9.18 Å². The second kappa shape index (κ2) is 7.58. The summed E-state index contributed by atoms with van der Waals surface area (Å²) >= 11 is 0. The Hall–Kier alpha value is -2.20. The molecule has 2 aromatic rings. The predicted octanol–water partition coefficient (Wildman–Crippen LogP) is 3.42.